The van der Waals surface area contributed by atoms with Crippen LogP contribution in [0.1, 0.15) is 31.2 Å². The van der Waals surface area contributed by atoms with Crippen molar-refractivity contribution in [3.05, 3.63) is 22.7 Å². The molecular weight excluding hydrogens is 238 g/mol. The molecule has 0 saturated heterocycles. The topological polar surface area (TPSA) is 55.5 Å². The van der Waals surface area contributed by atoms with Crippen molar-refractivity contribution in [2.45, 2.75) is 31.1 Å². The highest BCUT2D eigenvalue weighted by Gasteiger charge is 2.36. The Morgan fingerprint density at radius 2 is 2.06 bits per heavy atom. The molecule has 1 aromatic carbocycles. The van der Waals surface area contributed by atoms with E-state index in [2.05, 4.69) is 0 Å². The average molecular weight is 256 g/mol. The van der Waals surface area contributed by atoms with Crippen molar-refractivity contribution in [1.29, 1.82) is 0 Å². The lowest BCUT2D eigenvalue weighted by atomic mass is 9.79. The second-order valence-corrected chi connectivity index (χ2v) is 5.10. The lowest BCUT2D eigenvalue weighted by molar-refractivity contribution is 0.370. The quantitative estimate of drug-likeness (QED) is 0.873. The van der Waals surface area contributed by atoms with Crippen LogP contribution in [0.15, 0.2) is 12.1 Å². The fourth-order valence-corrected chi connectivity index (χ4v) is 3.10. The summed E-state index contributed by atoms with van der Waals surface area (Å²) in [6, 6.07) is 3.38. The number of ether oxygens (including phenoxy) is 1. The SMILES string of the molecule is COc1cc(Cl)c(C2(CN)CCCC2)cc1O. The van der Waals surface area contributed by atoms with Crippen molar-refractivity contribution in [3.8, 4) is 11.5 Å². The average Bonchev–Trinajstić information content (AvgIpc) is 2.81. The third-order valence-electron chi connectivity index (χ3n) is 3.79. The van der Waals surface area contributed by atoms with Crippen LogP contribution in [0.2, 0.25) is 5.02 Å². The van der Waals surface area contributed by atoms with Crippen LogP contribution < -0.4 is 10.5 Å². The van der Waals surface area contributed by atoms with Crippen LogP contribution in [0.25, 0.3) is 0 Å². The molecule has 17 heavy (non-hydrogen) atoms. The smallest absolute Gasteiger partial charge is 0.161 e. The summed E-state index contributed by atoms with van der Waals surface area (Å²) in [5, 5.41) is 10.5. The Kier molecular flexibility index (Phi) is 3.50. The number of hydrogen-bond donors (Lipinski definition) is 2. The lowest BCUT2D eigenvalue weighted by Crippen LogP contribution is -2.32. The summed E-state index contributed by atoms with van der Waals surface area (Å²) in [6.07, 6.45) is 4.41. The molecule has 0 unspecified atom stereocenters. The highest BCUT2D eigenvalue weighted by atomic mass is 35.5. The van der Waals surface area contributed by atoms with E-state index >= 15 is 0 Å². The molecule has 3 nitrogen and oxygen atoms in total. The molecule has 0 spiro atoms. The van der Waals surface area contributed by atoms with Crippen LogP contribution in [0, 0.1) is 0 Å². The monoisotopic (exact) mass is 255 g/mol. The first kappa shape index (κ1) is 12.5. The van der Waals surface area contributed by atoms with Crippen molar-refractivity contribution in [1.82, 2.24) is 0 Å². The van der Waals surface area contributed by atoms with E-state index in [0.29, 0.717) is 17.3 Å². The Hall–Kier alpha value is -0.930. The first-order chi connectivity index (χ1) is 8.13. The van der Waals surface area contributed by atoms with Gasteiger partial charge in [0.05, 0.1) is 7.11 Å². The summed E-state index contributed by atoms with van der Waals surface area (Å²) in [6.45, 7) is 0.568. The maximum Gasteiger partial charge on any atom is 0.161 e. The lowest BCUT2D eigenvalue weighted by Gasteiger charge is -2.29. The zero-order valence-electron chi connectivity index (χ0n) is 10.0. The Morgan fingerprint density at radius 3 is 2.59 bits per heavy atom. The van der Waals surface area contributed by atoms with E-state index in [9.17, 15) is 5.11 Å². The van der Waals surface area contributed by atoms with E-state index in [4.69, 9.17) is 22.1 Å². The largest absolute Gasteiger partial charge is 0.504 e. The third-order valence-corrected chi connectivity index (χ3v) is 4.10. The van der Waals surface area contributed by atoms with Gasteiger partial charge in [-0.2, -0.15) is 0 Å². The number of hydrogen-bond acceptors (Lipinski definition) is 3. The maximum absolute atomic E-state index is 9.86. The Labute approximate surface area is 107 Å². The van der Waals surface area contributed by atoms with Crippen molar-refractivity contribution in [2.75, 3.05) is 13.7 Å². The van der Waals surface area contributed by atoms with Crippen molar-refractivity contribution in [2.24, 2.45) is 5.73 Å². The zero-order chi connectivity index (χ0) is 12.5. The number of phenols is 1. The van der Waals surface area contributed by atoms with Gasteiger partial charge in [-0.15, -0.1) is 0 Å². The molecule has 2 rings (SSSR count). The Morgan fingerprint density at radius 1 is 1.41 bits per heavy atom. The number of halogens is 1. The summed E-state index contributed by atoms with van der Waals surface area (Å²) in [5.41, 5.74) is 6.81. The molecule has 94 valence electrons. The molecule has 0 aromatic heterocycles. The number of aromatic hydroxyl groups is 1. The number of methoxy groups -OCH3 is 1. The second-order valence-electron chi connectivity index (χ2n) is 4.70. The van der Waals surface area contributed by atoms with E-state index < -0.39 is 0 Å². The van der Waals surface area contributed by atoms with Gasteiger partial charge in [0.1, 0.15) is 0 Å². The molecule has 4 heteroatoms. The van der Waals surface area contributed by atoms with Crippen LogP contribution in [0.4, 0.5) is 0 Å². The minimum Gasteiger partial charge on any atom is -0.504 e. The van der Waals surface area contributed by atoms with Gasteiger partial charge in [0, 0.05) is 23.0 Å². The van der Waals surface area contributed by atoms with Crippen molar-refractivity contribution < 1.29 is 9.84 Å². The molecule has 0 aliphatic heterocycles. The number of rotatable bonds is 3. The first-order valence-electron chi connectivity index (χ1n) is 5.90. The van der Waals surface area contributed by atoms with Gasteiger partial charge < -0.3 is 15.6 Å². The van der Waals surface area contributed by atoms with Crippen molar-refractivity contribution in [3.63, 3.8) is 0 Å². The van der Waals surface area contributed by atoms with E-state index in [0.717, 1.165) is 18.4 Å². The van der Waals surface area contributed by atoms with Gasteiger partial charge in [-0.25, -0.2) is 0 Å². The summed E-state index contributed by atoms with van der Waals surface area (Å²) >= 11 is 6.28. The van der Waals surface area contributed by atoms with E-state index in [1.807, 2.05) is 0 Å². The number of nitrogens with two attached hydrogens (primary N) is 1. The number of benzene rings is 1. The van der Waals surface area contributed by atoms with Gasteiger partial charge in [-0.3, -0.25) is 0 Å². The van der Waals surface area contributed by atoms with Gasteiger partial charge in [-0.1, -0.05) is 24.4 Å². The van der Waals surface area contributed by atoms with Crippen LogP contribution in [-0.4, -0.2) is 18.8 Å². The fourth-order valence-electron chi connectivity index (χ4n) is 2.75. The molecule has 1 aliphatic rings. The molecule has 0 radical (unpaired) electrons. The van der Waals surface area contributed by atoms with Crippen LogP contribution in [-0.2, 0) is 5.41 Å². The first-order valence-corrected chi connectivity index (χ1v) is 6.28. The minimum absolute atomic E-state index is 0.0686. The van der Waals surface area contributed by atoms with Crippen molar-refractivity contribution >= 4 is 11.6 Å². The van der Waals surface area contributed by atoms with E-state index in [-0.39, 0.29) is 11.2 Å². The normalized spacial score (nSPS) is 18.3. The maximum atomic E-state index is 9.86. The third kappa shape index (κ3) is 2.09. The predicted molar refractivity (Wildman–Crippen MR) is 68.9 cm³/mol. The highest BCUT2D eigenvalue weighted by molar-refractivity contribution is 6.31. The minimum atomic E-state index is -0.0686. The molecule has 1 aromatic rings. The molecule has 0 bridgehead atoms. The molecular formula is C13H18ClNO2. The van der Waals surface area contributed by atoms with Gasteiger partial charge >= 0.3 is 0 Å². The van der Waals surface area contributed by atoms with Gasteiger partial charge in [0.25, 0.3) is 0 Å². The van der Waals surface area contributed by atoms with E-state index in [1.165, 1.54) is 20.0 Å². The number of phenolic OH excluding ortho intramolecular Hbond substituents is 1. The van der Waals surface area contributed by atoms with Gasteiger partial charge in [-0.05, 0) is 24.5 Å². The fraction of sp³-hybridized carbons (Fsp3) is 0.538. The summed E-state index contributed by atoms with van der Waals surface area (Å²) in [5.74, 6) is 0.538. The van der Waals surface area contributed by atoms with Crippen LogP contribution in [0.3, 0.4) is 0 Å². The summed E-state index contributed by atoms with van der Waals surface area (Å²) < 4.78 is 5.04. The molecule has 0 atom stereocenters. The molecule has 1 fully saturated rings. The standard InChI is InChI=1S/C13H18ClNO2/c1-17-12-7-10(14)9(6-11(12)16)13(8-15)4-2-3-5-13/h6-7,16H,2-5,8,15H2,1H3. The molecule has 3 N–H and O–H groups in total. The summed E-state index contributed by atoms with van der Waals surface area (Å²) in [4.78, 5) is 0. The van der Waals surface area contributed by atoms with E-state index in [1.54, 1.807) is 12.1 Å². The summed E-state index contributed by atoms with van der Waals surface area (Å²) in [7, 11) is 1.51. The Bertz CT molecular complexity index is 414. The molecule has 0 amide bonds. The van der Waals surface area contributed by atoms with Gasteiger partial charge in [0.15, 0.2) is 11.5 Å². The Balaban J connectivity index is 2.47. The molecule has 1 saturated carbocycles. The van der Waals surface area contributed by atoms with Crippen LogP contribution in [0.5, 0.6) is 11.5 Å². The predicted octanol–water partition coefficient (Wildman–Crippen LogP) is 2.82. The van der Waals surface area contributed by atoms with Crippen LogP contribution >= 0.6 is 11.6 Å². The molecule has 1 aliphatic carbocycles. The zero-order valence-corrected chi connectivity index (χ0v) is 10.8. The van der Waals surface area contributed by atoms with Gasteiger partial charge in [0.2, 0.25) is 0 Å². The second kappa shape index (κ2) is 4.75. The molecule has 0 heterocycles. The highest BCUT2D eigenvalue weighted by Crippen LogP contribution is 2.46.